The first-order chi connectivity index (χ1) is 9.13. The van der Waals surface area contributed by atoms with Crippen molar-refractivity contribution in [2.45, 2.75) is 38.6 Å². The van der Waals surface area contributed by atoms with Gasteiger partial charge in [0, 0.05) is 28.9 Å². The minimum Gasteiger partial charge on any atom is -0.409 e. The van der Waals surface area contributed by atoms with Gasteiger partial charge in [-0.2, -0.15) is 0 Å². The van der Waals surface area contributed by atoms with Crippen molar-refractivity contribution >= 4 is 23.1 Å². The van der Waals surface area contributed by atoms with Gasteiger partial charge in [-0.05, 0) is 38.0 Å². The van der Waals surface area contributed by atoms with Gasteiger partial charge in [-0.25, -0.2) is 0 Å². The van der Waals surface area contributed by atoms with Gasteiger partial charge >= 0.3 is 0 Å². The molecule has 0 aliphatic carbocycles. The minimum atomic E-state index is 0.106. The molecule has 104 valence electrons. The molecule has 0 aromatic heterocycles. The van der Waals surface area contributed by atoms with E-state index >= 15 is 0 Å². The van der Waals surface area contributed by atoms with Crippen LogP contribution in [0, 0.1) is 0 Å². The van der Waals surface area contributed by atoms with E-state index in [1.54, 1.807) is 6.07 Å². The summed E-state index contributed by atoms with van der Waals surface area (Å²) in [7, 11) is 0. The second-order valence-electron chi connectivity index (χ2n) is 5.04. The van der Waals surface area contributed by atoms with Crippen LogP contribution in [0.5, 0.6) is 0 Å². The Bertz CT molecular complexity index is 476. The third kappa shape index (κ3) is 3.13. The van der Waals surface area contributed by atoms with Gasteiger partial charge in [0.25, 0.3) is 0 Å². The molecule has 0 radical (unpaired) electrons. The van der Waals surface area contributed by atoms with Crippen LogP contribution in [-0.2, 0) is 0 Å². The number of hydrogen-bond donors (Lipinski definition) is 2. The molecular formula is C14H20ClN3O. The molecule has 3 N–H and O–H groups in total. The molecule has 19 heavy (non-hydrogen) atoms. The van der Waals surface area contributed by atoms with Gasteiger partial charge in [0.15, 0.2) is 5.84 Å². The van der Waals surface area contributed by atoms with Gasteiger partial charge in [-0.1, -0.05) is 29.6 Å². The van der Waals surface area contributed by atoms with Crippen LogP contribution >= 0.6 is 11.6 Å². The van der Waals surface area contributed by atoms with Gasteiger partial charge in [-0.3, -0.25) is 0 Å². The summed E-state index contributed by atoms with van der Waals surface area (Å²) in [5.74, 6) is 0.106. The first-order valence-electron chi connectivity index (χ1n) is 6.67. The highest BCUT2D eigenvalue weighted by atomic mass is 35.5. The highest BCUT2D eigenvalue weighted by molar-refractivity contribution is 6.31. The molecule has 1 unspecified atom stereocenters. The molecular weight excluding hydrogens is 262 g/mol. The lowest BCUT2D eigenvalue weighted by Crippen LogP contribution is -2.34. The van der Waals surface area contributed by atoms with Crippen molar-refractivity contribution in [2.75, 3.05) is 11.4 Å². The molecule has 1 aromatic rings. The first-order valence-corrected chi connectivity index (χ1v) is 7.05. The highest BCUT2D eigenvalue weighted by Crippen LogP contribution is 2.29. The van der Waals surface area contributed by atoms with Gasteiger partial charge < -0.3 is 15.8 Å². The maximum Gasteiger partial charge on any atom is 0.172 e. The molecule has 1 saturated heterocycles. The van der Waals surface area contributed by atoms with E-state index in [0.717, 1.165) is 18.7 Å². The predicted octanol–water partition coefficient (Wildman–Crippen LogP) is 3.20. The molecule has 2 rings (SSSR count). The maximum absolute atomic E-state index is 8.92. The quantitative estimate of drug-likeness (QED) is 0.379. The van der Waals surface area contributed by atoms with Crippen LogP contribution in [0.4, 0.5) is 5.69 Å². The monoisotopic (exact) mass is 281 g/mol. The van der Waals surface area contributed by atoms with E-state index in [4.69, 9.17) is 22.5 Å². The Kier molecular flexibility index (Phi) is 4.53. The Labute approximate surface area is 118 Å². The number of halogens is 1. The summed E-state index contributed by atoms with van der Waals surface area (Å²) in [6.45, 7) is 3.21. The molecule has 1 fully saturated rings. The Morgan fingerprint density at radius 2 is 2.21 bits per heavy atom. The van der Waals surface area contributed by atoms with Crippen LogP contribution < -0.4 is 10.6 Å². The Morgan fingerprint density at radius 3 is 2.95 bits per heavy atom. The smallest absolute Gasteiger partial charge is 0.172 e. The lowest BCUT2D eigenvalue weighted by atomic mass is 10.1. The summed E-state index contributed by atoms with van der Waals surface area (Å²) in [6.07, 6.45) is 4.85. The van der Waals surface area contributed by atoms with Crippen LogP contribution in [0.25, 0.3) is 0 Å². The summed E-state index contributed by atoms with van der Waals surface area (Å²) in [6, 6.07) is 6.01. The van der Waals surface area contributed by atoms with E-state index in [-0.39, 0.29) is 5.84 Å². The number of rotatable bonds is 2. The van der Waals surface area contributed by atoms with E-state index in [9.17, 15) is 0 Å². The Morgan fingerprint density at radius 1 is 1.42 bits per heavy atom. The normalized spacial score (nSPS) is 21.3. The Balaban J connectivity index is 2.42. The number of anilines is 1. The molecule has 0 spiro atoms. The molecule has 0 amide bonds. The molecule has 5 heteroatoms. The molecule has 1 atom stereocenters. The standard InChI is InChI=1S/C14H20ClN3O/c1-10-5-3-2-4-8-18(10)13-7-6-11(15)9-12(13)14(16)17-19/h6-7,9-10,19H,2-5,8H2,1H3,(H2,16,17). The summed E-state index contributed by atoms with van der Waals surface area (Å²) >= 11 is 6.01. The summed E-state index contributed by atoms with van der Waals surface area (Å²) < 4.78 is 0. The van der Waals surface area contributed by atoms with Crippen molar-refractivity contribution < 1.29 is 5.21 Å². The van der Waals surface area contributed by atoms with Crippen LogP contribution in [0.15, 0.2) is 23.4 Å². The lowest BCUT2D eigenvalue weighted by molar-refractivity contribution is 0.318. The molecule has 0 bridgehead atoms. The van der Waals surface area contributed by atoms with Crippen LogP contribution in [-0.4, -0.2) is 23.6 Å². The van der Waals surface area contributed by atoms with Crippen molar-refractivity contribution in [1.29, 1.82) is 0 Å². The Hall–Kier alpha value is -1.42. The molecule has 4 nitrogen and oxygen atoms in total. The van der Waals surface area contributed by atoms with Crippen molar-refractivity contribution in [1.82, 2.24) is 0 Å². The third-order valence-electron chi connectivity index (χ3n) is 3.70. The number of benzene rings is 1. The largest absolute Gasteiger partial charge is 0.409 e. The number of amidine groups is 1. The van der Waals surface area contributed by atoms with Crippen LogP contribution in [0.3, 0.4) is 0 Å². The number of oxime groups is 1. The number of nitrogens with two attached hydrogens (primary N) is 1. The third-order valence-corrected chi connectivity index (χ3v) is 3.94. The van der Waals surface area contributed by atoms with E-state index in [0.29, 0.717) is 16.6 Å². The molecule has 1 aliphatic rings. The van der Waals surface area contributed by atoms with E-state index in [1.165, 1.54) is 19.3 Å². The zero-order valence-electron chi connectivity index (χ0n) is 11.1. The van der Waals surface area contributed by atoms with Gasteiger partial charge in [0.2, 0.25) is 0 Å². The fraction of sp³-hybridized carbons (Fsp3) is 0.500. The van der Waals surface area contributed by atoms with E-state index in [2.05, 4.69) is 17.0 Å². The SMILES string of the molecule is CC1CCCCCN1c1ccc(Cl)cc1C(N)=NO. The molecule has 1 heterocycles. The van der Waals surface area contributed by atoms with E-state index < -0.39 is 0 Å². The fourth-order valence-electron chi connectivity index (χ4n) is 2.65. The highest BCUT2D eigenvalue weighted by Gasteiger charge is 2.21. The van der Waals surface area contributed by atoms with Crippen LogP contribution in [0.2, 0.25) is 5.02 Å². The van der Waals surface area contributed by atoms with E-state index in [1.807, 2.05) is 12.1 Å². The van der Waals surface area contributed by atoms with Crippen molar-refractivity contribution in [3.8, 4) is 0 Å². The minimum absolute atomic E-state index is 0.106. The summed E-state index contributed by atoms with van der Waals surface area (Å²) in [4.78, 5) is 2.33. The fourth-order valence-corrected chi connectivity index (χ4v) is 2.82. The van der Waals surface area contributed by atoms with Crippen LogP contribution in [0.1, 0.15) is 38.2 Å². The van der Waals surface area contributed by atoms with Gasteiger partial charge in [0.05, 0.1) is 0 Å². The number of hydrogen-bond acceptors (Lipinski definition) is 3. The predicted molar refractivity (Wildman–Crippen MR) is 79.2 cm³/mol. The summed E-state index contributed by atoms with van der Waals surface area (Å²) in [5.41, 5.74) is 7.46. The van der Waals surface area contributed by atoms with Gasteiger partial charge in [0.1, 0.15) is 0 Å². The second kappa shape index (κ2) is 6.15. The van der Waals surface area contributed by atoms with Crippen molar-refractivity contribution in [3.05, 3.63) is 28.8 Å². The second-order valence-corrected chi connectivity index (χ2v) is 5.47. The zero-order valence-corrected chi connectivity index (χ0v) is 11.9. The number of nitrogens with zero attached hydrogens (tertiary/aromatic N) is 2. The average molecular weight is 282 g/mol. The first kappa shape index (κ1) is 14.0. The summed E-state index contributed by atoms with van der Waals surface area (Å²) in [5, 5.41) is 12.6. The lowest BCUT2D eigenvalue weighted by Gasteiger charge is -2.31. The topological polar surface area (TPSA) is 61.8 Å². The maximum atomic E-state index is 8.92. The molecule has 1 aromatic carbocycles. The zero-order chi connectivity index (χ0) is 13.8. The average Bonchev–Trinajstić information content (AvgIpc) is 2.62. The van der Waals surface area contributed by atoms with Gasteiger partial charge in [-0.15, -0.1) is 0 Å². The van der Waals surface area contributed by atoms with Crippen molar-refractivity contribution in [3.63, 3.8) is 0 Å². The molecule has 0 saturated carbocycles. The molecule has 1 aliphatic heterocycles. The van der Waals surface area contributed by atoms with Crippen molar-refractivity contribution in [2.24, 2.45) is 10.9 Å².